The molecule has 8 heteroatoms. The zero-order valence-electron chi connectivity index (χ0n) is 18.9. The van der Waals surface area contributed by atoms with Crippen molar-refractivity contribution in [1.29, 1.82) is 0 Å². The van der Waals surface area contributed by atoms with E-state index in [2.05, 4.69) is 10.2 Å². The largest absolute Gasteiger partial charge is 0.507 e. The standard InChI is InChI=1S/C23H33N3O5/c1-5-31-21(29)15-7-6-9-25(13-15)14-16-11-17(12-18(20(16)28)23(2,3)4)26-10-8-19(27)24-22(26)30/h11-12,15,28H,5-10,13-14H2,1-4H3,(H,24,27,30). The Balaban J connectivity index is 1.89. The van der Waals surface area contributed by atoms with Gasteiger partial charge in [0.25, 0.3) is 0 Å². The number of urea groups is 1. The first-order valence-electron chi connectivity index (χ1n) is 11.0. The van der Waals surface area contributed by atoms with Crippen molar-refractivity contribution in [2.45, 2.75) is 58.9 Å². The fraction of sp³-hybridized carbons (Fsp3) is 0.609. The number of aromatic hydroxyl groups is 1. The van der Waals surface area contributed by atoms with E-state index in [-0.39, 0.29) is 35.4 Å². The van der Waals surface area contributed by atoms with E-state index in [1.165, 1.54) is 4.90 Å². The first-order valence-corrected chi connectivity index (χ1v) is 11.0. The Morgan fingerprint density at radius 2 is 2.00 bits per heavy atom. The van der Waals surface area contributed by atoms with Gasteiger partial charge in [-0.2, -0.15) is 0 Å². The molecule has 8 nitrogen and oxygen atoms in total. The summed E-state index contributed by atoms with van der Waals surface area (Å²) in [5.74, 6) is -0.409. The summed E-state index contributed by atoms with van der Waals surface area (Å²) in [6, 6.07) is 3.19. The zero-order valence-corrected chi connectivity index (χ0v) is 18.9. The lowest BCUT2D eigenvalue weighted by Crippen LogP contribution is -2.49. The second-order valence-corrected chi connectivity index (χ2v) is 9.33. The van der Waals surface area contributed by atoms with Crippen LogP contribution in [0.5, 0.6) is 5.75 Å². The second kappa shape index (κ2) is 9.26. The van der Waals surface area contributed by atoms with Crippen molar-refractivity contribution in [3.05, 3.63) is 23.3 Å². The van der Waals surface area contributed by atoms with E-state index >= 15 is 0 Å². The van der Waals surface area contributed by atoms with Gasteiger partial charge in [-0.3, -0.25) is 24.7 Å². The van der Waals surface area contributed by atoms with E-state index in [1.807, 2.05) is 32.9 Å². The van der Waals surface area contributed by atoms with Gasteiger partial charge in [-0.05, 0) is 43.9 Å². The van der Waals surface area contributed by atoms with Gasteiger partial charge in [-0.1, -0.05) is 20.8 Å². The molecule has 1 aromatic carbocycles. The highest BCUT2D eigenvalue weighted by Crippen LogP contribution is 2.38. The Hall–Kier alpha value is -2.61. The molecule has 0 aliphatic carbocycles. The summed E-state index contributed by atoms with van der Waals surface area (Å²) in [6.45, 7) is 10.4. The molecular formula is C23H33N3O5. The number of hydrogen-bond donors (Lipinski definition) is 2. The molecule has 2 N–H and O–H groups in total. The molecule has 2 heterocycles. The summed E-state index contributed by atoms with van der Waals surface area (Å²) in [6.07, 6.45) is 1.92. The van der Waals surface area contributed by atoms with Crippen LogP contribution in [0.25, 0.3) is 0 Å². The van der Waals surface area contributed by atoms with Gasteiger partial charge in [0.1, 0.15) is 5.75 Å². The number of phenols is 1. The highest BCUT2D eigenvalue weighted by atomic mass is 16.5. The lowest BCUT2D eigenvalue weighted by atomic mass is 9.84. The number of carbonyl (C=O) groups is 3. The van der Waals surface area contributed by atoms with Gasteiger partial charge in [0, 0.05) is 42.9 Å². The minimum atomic E-state index is -0.451. The first-order chi connectivity index (χ1) is 14.6. The smallest absolute Gasteiger partial charge is 0.328 e. The number of piperidine rings is 1. The van der Waals surface area contributed by atoms with E-state index < -0.39 is 6.03 Å². The van der Waals surface area contributed by atoms with Crippen LogP contribution in [0.3, 0.4) is 0 Å². The number of anilines is 1. The lowest BCUT2D eigenvalue weighted by Gasteiger charge is -2.33. The summed E-state index contributed by atoms with van der Waals surface area (Å²) in [5, 5.41) is 13.4. The summed E-state index contributed by atoms with van der Waals surface area (Å²) in [5.41, 5.74) is 1.76. The van der Waals surface area contributed by atoms with Crippen LogP contribution in [0.4, 0.5) is 10.5 Å². The minimum absolute atomic E-state index is 0.167. The van der Waals surface area contributed by atoms with E-state index in [4.69, 9.17) is 4.74 Å². The molecule has 170 valence electrons. The van der Waals surface area contributed by atoms with Crippen molar-refractivity contribution < 1.29 is 24.2 Å². The van der Waals surface area contributed by atoms with Gasteiger partial charge in [0.15, 0.2) is 0 Å². The average molecular weight is 432 g/mol. The van der Waals surface area contributed by atoms with Crippen molar-refractivity contribution in [2.75, 3.05) is 31.1 Å². The second-order valence-electron chi connectivity index (χ2n) is 9.33. The van der Waals surface area contributed by atoms with Gasteiger partial charge in [-0.25, -0.2) is 4.79 Å². The maximum absolute atomic E-state index is 12.4. The minimum Gasteiger partial charge on any atom is -0.507 e. The Labute approximate surface area is 183 Å². The SMILES string of the molecule is CCOC(=O)C1CCCN(Cc2cc(N3CCC(=O)NC3=O)cc(C(C)(C)C)c2O)C1. The molecule has 2 saturated heterocycles. The van der Waals surface area contributed by atoms with E-state index in [1.54, 1.807) is 6.92 Å². The van der Waals surface area contributed by atoms with Gasteiger partial charge in [-0.15, -0.1) is 0 Å². The van der Waals surface area contributed by atoms with Gasteiger partial charge in [0.2, 0.25) is 5.91 Å². The van der Waals surface area contributed by atoms with Gasteiger partial charge < -0.3 is 9.84 Å². The molecule has 0 radical (unpaired) electrons. The van der Waals surface area contributed by atoms with Crippen LogP contribution in [0.15, 0.2) is 12.1 Å². The fourth-order valence-electron chi connectivity index (χ4n) is 4.23. The van der Waals surface area contributed by atoms with E-state index in [9.17, 15) is 19.5 Å². The Kier molecular flexibility index (Phi) is 6.89. The van der Waals surface area contributed by atoms with Crippen molar-refractivity contribution in [3.8, 4) is 5.75 Å². The number of ether oxygens (including phenoxy) is 1. The molecule has 2 aliphatic heterocycles. The number of hydrogen-bond acceptors (Lipinski definition) is 6. The molecule has 31 heavy (non-hydrogen) atoms. The molecule has 3 rings (SSSR count). The third-order valence-electron chi connectivity index (χ3n) is 5.87. The number of likely N-dealkylation sites (tertiary alicyclic amines) is 1. The maximum atomic E-state index is 12.4. The molecule has 1 atom stereocenters. The highest BCUT2D eigenvalue weighted by Gasteiger charge is 2.30. The van der Waals surface area contributed by atoms with Crippen LogP contribution in [-0.2, 0) is 26.3 Å². The Morgan fingerprint density at radius 1 is 1.26 bits per heavy atom. The van der Waals surface area contributed by atoms with Crippen LogP contribution in [0.1, 0.15) is 58.1 Å². The summed E-state index contributed by atoms with van der Waals surface area (Å²) in [4.78, 5) is 39.8. The summed E-state index contributed by atoms with van der Waals surface area (Å²) < 4.78 is 5.19. The first kappa shape index (κ1) is 23.1. The van der Waals surface area contributed by atoms with Gasteiger partial charge >= 0.3 is 12.0 Å². The Bertz CT molecular complexity index is 862. The van der Waals surface area contributed by atoms with Crippen molar-refractivity contribution in [1.82, 2.24) is 10.2 Å². The van der Waals surface area contributed by atoms with E-state index in [0.717, 1.165) is 24.9 Å². The number of benzene rings is 1. The van der Waals surface area contributed by atoms with Crippen LogP contribution in [0.2, 0.25) is 0 Å². The van der Waals surface area contributed by atoms with Crippen LogP contribution < -0.4 is 10.2 Å². The molecule has 2 fully saturated rings. The molecule has 0 bridgehead atoms. The van der Waals surface area contributed by atoms with Crippen LogP contribution >= 0.6 is 0 Å². The molecular weight excluding hydrogens is 398 g/mol. The summed E-state index contributed by atoms with van der Waals surface area (Å²) >= 11 is 0. The molecule has 0 spiro atoms. The number of imide groups is 1. The molecule has 2 aliphatic rings. The third-order valence-corrected chi connectivity index (χ3v) is 5.87. The zero-order chi connectivity index (χ0) is 22.8. The number of amides is 3. The number of phenolic OH excluding ortho intramolecular Hbond substituents is 1. The third kappa shape index (κ3) is 5.36. The van der Waals surface area contributed by atoms with E-state index in [0.29, 0.717) is 37.5 Å². The molecule has 1 unspecified atom stereocenters. The average Bonchev–Trinajstić information content (AvgIpc) is 2.69. The molecule has 1 aromatic rings. The van der Waals surface area contributed by atoms with Crippen LogP contribution in [0, 0.1) is 5.92 Å². The topological polar surface area (TPSA) is 99.2 Å². The van der Waals surface area contributed by atoms with Crippen LogP contribution in [-0.4, -0.2) is 54.2 Å². The predicted octanol–water partition coefficient (Wildman–Crippen LogP) is 2.91. The monoisotopic (exact) mass is 431 g/mol. The van der Waals surface area contributed by atoms with Crippen molar-refractivity contribution in [3.63, 3.8) is 0 Å². The van der Waals surface area contributed by atoms with Crippen molar-refractivity contribution in [2.24, 2.45) is 5.92 Å². The number of rotatable bonds is 5. The predicted molar refractivity (Wildman–Crippen MR) is 117 cm³/mol. The fourth-order valence-corrected chi connectivity index (χ4v) is 4.23. The lowest BCUT2D eigenvalue weighted by molar-refractivity contribution is -0.150. The number of carbonyl (C=O) groups excluding carboxylic acids is 3. The summed E-state index contributed by atoms with van der Waals surface area (Å²) in [7, 11) is 0. The molecule has 0 aromatic heterocycles. The molecule has 3 amide bonds. The number of esters is 1. The number of nitrogens with zero attached hydrogens (tertiary/aromatic N) is 2. The van der Waals surface area contributed by atoms with Gasteiger partial charge in [0.05, 0.1) is 12.5 Å². The maximum Gasteiger partial charge on any atom is 0.328 e. The number of nitrogens with one attached hydrogen (secondary N) is 1. The molecule has 0 saturated carbocycles. The normalized spacial score (nSPS) is 20.5. The highest BCUT2D eigenvalue weighted by molar-refractivity contribution is 6.05. The quantitative estimate of drug-likeness (QED) is 0.696. The van der Waals surface area contributed by atoms with Crippen molar-refractivity contribution >= 4 is 23.6 Å². The Morgan fingerprint density at radius 3 is 2.65 bits per heavy atom.